The van der Waals surface area contributed by atoms with E-state index in [4.69, 9.17) is 28.2 Å². The zero-order valence-electron chi connectivity index (χ0n) is 18.3. The van der Waals surface area contributed by atoms with Gasteiger partial charge in [0.2, 0.25) is 5.67 Å². The summed E-state index contributed by atoms with van der Waals surface area (Å²) in [6, 6.07) is 18.5. The second kappa shape index (κ2) is 8.38. The van der Waals surface area contributed by atoms with E-state index in [1.165, 1.54) is 16.8 Å². The molecule has 3 heterocycles. The van der Waals surface area contributed by atoms with Crippen LogP contribution in [0.15, 0.2) is 84.0 Å². The summed E-state index contributed by atoms with van der Waals surface area (Å²) in [4.78, 5) is 21.6. The van der Waals surface area contributed by atoms with E-state index in [1.807, 2.05) is 6.07 Å². The lowest BCUT2D eigenvalue weighted by Gasteiger charge is -2.26. The van der Waals surface area contributed by atoms with Gasteiger partial charge in [0.15, 0.2) is 0 Å². The Labute approximate surface area is 205 Å². The number of fused-ring (bicyclic) bond motifs is 1. The van der Waals surface area contributed by atoms with Crippen LogP contribution in [0, 0.1) is 0 Å². The third-order valence-electron chi connectivity index (χ3n) is 5.99. The molecule has 1 atom stereocenters. The summed E-state index contributed by atoms with van der Waals surface area (Å²) in [5, 5.41) is 1.03. The molecule has 5 rings (SSSR count). The lowest BCUT2D eigenvalue weighted by Crippen LogP contribution is -2.28. The monoisotopic (exact) mass is 492 g/mol. The average Bonchev–Trinajstić information content (AvgIpc) is 3.27. The van der Waals surface area contributed by atoms with Crippen molar-refractivity contribution in [3.63, 3.8) is 0 Å². The van der Waals surface area contributed by atoms with Crippen LogP contribution in [0.2, 0.25) is 10.0 Å². The van der Waals surface area contributed by atoms with Gasteiger partial charge in [-0.2, -0.15) is 0 Å². The number of imidazole rings is 1. The predicted molar refractivity (Wildman–Crippen MR) is 133 cm³/mol. The number of halogens is 3. The first kappa shape index (κ1) is 22.3. The van der Waals surface area contributed by atoms with Gasteiger partial charge in [-0.1, -0.05) is 47.5 Å². The molecule has 0 aliphatic rings. The summed E-state index contributed by atoms with van der Waals surface area (Å²) in [7, 11) is 3.39. The largest absolute Gasteiger partial charge is 0.334 e. The molecule has 0 amide bonds. The highest BCUT2D eigenvalue weighted by Gasteiger charge is 2.41. The van der Waals surface area contributed by atoms with Crippen LogP contribution < -0.4 is 5.56 Å². The molecule has 5 aromatic rings. The van der Waals surface area contributed by atoms with Crippen molar-refractivity contribution in [3.05, 3.63) is 117 Å². The fourth-order valence-electron chi connectivity index (χ4n) is 4.19. The van der Waals surface area contributed by atoms with Crippen molar-refractivity contribution in [2.45, 2.75) is 5.67 Å². The van der Waals surface area contributed by atoms with Crippen molar-refractivity contribution in [1.82, 2.24) is 19.1 Å². The second-order valence-electron chi connectivity index (χ2n) is 8.08. The smallest absolute Gasteiger partial charge is 0.251 e. The Morgan fingerprint density at radius 1 is 0.941 bits per heavy atom. The Bertz CT molecular complexity index is 1590. The van der Waals surface area contributed by atoms with E-state index < -0.39 is 5.67 Å². The zero-order valence-corrected chi connectivity index (χ0v) is 19.8. The van der Waals surface area contributed by atoms with Crippen LogP contribution in [-0.4, -0.2) is 19.1 Å². The minimum absolute atomic E-state index is 0.160. The molecule has 0 radical (unpaired) electrons. The van der Waals surface area contributed by atoms with E-state index in [9.17, 15) is 4.79 Å². The van der Waals surface area contributed by atoms with Gasteiger partial charge in [0.05, 0.1) is 34.9 Å². The Morgan fingerprint density at radius 2 is 1.71 bits per heavy atom. The standard InChI is InChI=1S/C26H19Cl2FN4O/c1-32-15-30-14-23(32)26(29,17-6-8-18(27)9-7-17)22-11-10-21-25(31-22)20(13-24(34)33(21)2)16-4-3-5-19(28)12-16/h3-15H,1-2H3/t26-/m1/s1. The third-order valence-corrected chi connectivity index (χ3v) is 6.48. The fraction of sp³-hybridized carbons (Fsp3) is 0.115. The van der Waals surface area contributed by atoms with E-state index in [2.05, 4.69) is 4.98 Å². The van der Waals surface area contributed by atoms with E-state index in [-0.39, 0.29) is 11.3 Å². The minimum atomic E-state index is -2.12. The molecule has 2 aromatic carbocycles. The van der Waals surface area contributed by atoms with Crippen molar-refractivity contribution in [1.29, 1.82) is 0 Å². The van der Waals surface area contributed by atoms with Gasteiger partial charge in [-0.05, 0) is 42.0 Å². The molecule has 0 N–H and O–H groups in total. The topological polar surface area (TPSA) is 52.7 Å². The van der Waals surface area contributed by atoms with Gasteiger partial charge < -0.3 is 9.13 Å². The van der Waals surface area contributed by atoms with Crippen LogP contribution in [0.1, 0.15) is 17.0 Å². The molecular weight excluding hydrogens is 474 g/mol. The van der Waals surface area contributed by atoms with Crippen molar-refractivity contribution in [2.24, 2.45) is 14.1 Å². The molecule has 0 aliphatic carbocycles. The van der Waals surface area contributed by atoms with Gasteiger partial charge in [0.25, 0.3) is 5.56 Å². The van der Waals surface area contributed by atoms with Crippen molar-refractivity contribution >= 4 is 34.2 Å². The van der Waals surface area contributed by atoms with Crippen LogP contribution in [0.25, 0.3) is 22.2 Å². The Hall–Kier alpha value is -3.48. The summed E-state index contributed by atoms with van der Waals surface area (Å²) >= 11 is 12.3. The third kappa shape index (κ3) is 3.59. The van der Waals surface area contributed by atoms with Crippen LogP contribution >= 0.6 is 23.2 Å². The molecule has 0 fully saturated rings. The lowest BCUT2D eigenvalue weighted by atomic mass is 9.88. The highest BCUT2D eigenvalue weighted by molar-refractivity contribution is 6.31. The van der Waals surface area contributed by atoms with E-state index in [0.29, 0.717) is 37.9 Å². The maximum Gasteiger partial charge on any atom is 0.251 e. The van der Waals surface area contributed by atoms with Crippen molar-refractivity contribution < 1.29 is 4.39 Å². The molecule has 0 spiro atoms. The molecule has 5 nitrogen and oxygen atoms in total. The maximum atomic E-state index is 17.3. The number of benzene rings is 2. The summed E-state index contributed by atoms with van der Waals surface area (Å²) < 4.78 is 20.4. The van der Waals surface area contributed by atoms with Crippen molar-refractivity contribution in [3.8, 4) is 11.1 Å². The summed E-state index contributed by atoms with van der Waals surface area (Å²) in [5.41, 5.74) is 0.875. The fourth-order valence-corrected chi connectivity index (χ4v) is 4.51. The Kier molecular flexibility index (Phi) is 5.50. The molecule has 0 saturated heterocycles. The molecule has 0 unspecified atom stereocenters. The van der Waals surface area contributed by atoms with Gasteiger partial charge in [-0.3, -0.25) is 4.79 Å². The van der Waals surface area contributed by atoms with Crippen LogP contribution in [0.4, 0.5) is 4.39 Å². The average molecular weight is 493 g/mol. The molecule has 170 valence electrons. The molecule has 3 aromatic heterocycles. The number of alkyl halides is 1. The Balaban J connectivity index is 1.84. The molecular formula is C26H19Cl2FN4O. The normalized spacial score (nSPS) is 13.2. The van der Waals surface area contributed by atoms with Gasteiger partial charge in [-0.25, -0.2) is 14.4 Å². The summed E-state index contributed by atoms with van der Waals surface area (Å²) in [6.07, 6.45) is 3.03. The molecule has 34 heavy (non-hydrogen) atoms. The lowest BCUT2D eigenvalue weighted by molar-refractivity contribution is 0.260. The number of hydrogen-bond acceptors (Lipinski definition) is 3. The maximum absolute atomic E-state index is 17.3. The number of hydrogen-bond donors (Lipinski definition) is 0. The van der Waals surface area contributed by atoms with Crippen molar-refractivity contribution in [2.75, 3.05) is 0 Å². The van der Waals surface area contributed by atoms with E-state index in [0.717, 1.165) is 5.56 Å². The first-order chi connectivity index (χ1) is 16.3. The zero-order chi connectivity index (χ0) is 24.0. The van der Waals surface area contributed by atoms with Gasteiger partial charge >= 0.3 is 0 Å². The highest BCUT2D eigenvalue weighted by atomic mass is 35.5. The van der Waals surface area contributed by atoms with E-state index in [1.54, 1.807) is 79.6 Å². The first-order valence-electron chi connectivity index (χ1n) is 10.5. The SMILES string of the molecule is Cn1cncc1[C@@](F)(c1ccc(Cl)cc1)c1ccc2c(n1)c(-c1cccc(Cl)c1)cc(=O)n2C. The molecule has 0 aliphatic heterocycles. The summed E-state index contributed by atoms with van der Waals surface area (Å²) in [5.74, 6) is 0. The van der Waals surface area contributed by atoms with E-state index >= 15 is 4.39 Å². The number of nitrogens with zero attached hydrogens (tertiary/aromatic N) is 4. The van der Waals surface area contributed by atoms with Gasteiger partial charge in [0, 0.05) is 41.3 Å². The molecule has 0 bridgehead atoms. The predicted octanol–water partition coefficient (Wildman–Crippen LogP) is 5.90. The molecule has 8 heteroatoms. The van der Waals surface area contributed by atoms with Crippen LogP contribution in [-0.2, 0) is 19.8 Å². The van der Waals surface area contributed by atoms with Gasteiger partial charge in [0.1, 0.15) is 0 Å². The number of pyridine rings is 2. The minimum Gasteiger partial charge on any atom is -0.334 e. The van der Waals surface area contributed by atoms with Crippen LogP contribution in [0.3, 0.4) is 0 Å². The summed E-state index contributed by atoms with van der Waals surface area (Å²) in [6.45, 7) is 0. The number of rotatable bonds is 4. The Morgan fingerprint density at radius 3 is 2.38 bits per heavy atom. The first-order valence-corrected chi connectivity index (χ1v) is 11.2. The molecule has 0 saturated carbocycles. The van der Waals surface area contributed by atoms with Crippen LogP contribution in [0.5, 0.6) is 0 Å². The number of aromatic nitrogens is 4. The van der Waals surface area contributed by atoms with Gasteiger partial charge in [-0.15, -0.1) is 0 Å². The number of aryl methyl sites for hydroxylation is 2. The highest BCUT2D eigenvalue weighted by Crippen LogP contribution is 2.41. The second-order valence-corrected chi connectivity index (χ2v) is 8.96. The quantitative estimate of drug-likeness (QED) is 0.313.